The number of hydrogen-bond acceptors (Lipinski definition) is 1. The third kappa shape index (κ3) is 1.65. The predicted octanol–water partition coefficient (Wildman–Crippen LogP) is 1.61. The lowest BCUT2D eigenvalue weighted by molar-refractivity contribution is 0.0826. The average Bonchev–Trinajstić information content (AvgIpc) is 2.04. The van der Waals surface area contributed by atoms with E-state index >= 15 is 0 Å². The zero-order valence-electron chi connectivity index (χ0n) is 6.33. The molecule has 1 aromatic rings. The number of hydrogen-bond donors (Lipinski definition) is 0. The SMILES string of the molecule is Cc1ccccc1C(=O)C[O]. The summed E-state index contributed by atoms with van der Waals surface area (Å²) < 4.78 is 0. The van der Waals surface area contributed by atoms with Gasteiger partial charge in [0.15, 0.2) is 5.78 Å². The third-order valence-corrected chi connectivity index (χ3v) is 1.58. The number of benzene rings is 1. The summed E-state index contributed by atoms with van der Waals surface area (Å²) in [6.07, 6.45) is 0. The second-order valence-electron chi connectivity index (χ2n) is 2.38. The molecule has 0 heterocycles. The van der Waals surface area contributed by atoms with Crippen molar-refractivity contribution in [2.75, 3.05) is 6.61 Å². The Morgan fingerprint density at radius 1 is 1.36 bits per heavy atom. The summed E-state index contributed by atoms with van der Waals surface area (Å²) in [6, 6.07) is 7.10. The van der Waals surface area contributed by atoms with Crippen LogP contribution in [0.1, 0.15) is 15.9 Å². The summed E-state index contributed by atoms with van der Waals surface area (Å²) in [6.45, 7) is 1.16. The number of carbonyl (C=O) groups is 1. The van der Waals surface area contributed by atoms with Crippen LogP contribution in [0.5, 0.6) is 0 Å². The lowest BCUT2D eigenvalue weighted by Gasteiger charge is -1.99. The van der Waals surface area contributed by atoms with Crippen LogP contribution >= 0.6 is 0 Å². The van der Waals surface area contributed by atoms with Crippen molar-refractivity contribution >= 4 is 5.78 Å². The van der Waals surface area contributed by atoms with Crippen molar-refractivity contribution in [3.63, 3.8) is 0 Å². The highest BCUT2D eigenvalue weighted by molar-refractivity contribution is 5.98. The summed E-state index contributed by atoms with van der Waals surface area (Å²) in [5, 5.41) is 10.2. The van der Waals surface area contributed by atoms with Crippen LogP contribution in [0.25, 0.3) is 0 Å². The van der Waals surface area contributed by atoms with E-state index in [-0.39, 0.29) is 5.78 Å². The maximum absolute atomic E-state index is 10.9. The minimum absolute atomic E-state index is 0.330. The van der Waals surface area contributed by atoms with E-state index in [0.717, 1.165) is 5.56 Å². The molecule has 0 fully saturated rings. The maximum Gasteiger partial charge on any atom is 0.192 e. The summed E-state index contributed by atoms with van der Waals surface area (Å²) in [4.78, 5) is 10.9. The van der Waals surface area contributed by atoms with Crippen molar-refractivity contribution < 1.29 is 9.90 Å². The van der Waals surface area contributed by atoms with Crippen molar-refractivity contribution in [1.82, 2.24) is 0 Å². The summed E-state index contributed by atoms with van der Waals surface area (Å²) in [5.41, 5.74) is 1.41. The molecule has 2 heteroatoms. The van der Waals surface area contributed by atoms with Gasteiger partial charge in [-0.05, 0) is 12.5 Å². The van der Waals surface area contributed by atoms with Gasteiger partial charge in [-0.15, -0.1) is 0 Å². The van der Waals surface area contributed by atoms with E-state index in [2.05, 4.69) is 0 Å². The van der Waals surface area contributed by atoms with Gasteiger partial charge in [0.1, 0.15) is 6.61 Å². The average molecular weight is 149 g/mol. The van der Waals surface area contributed by atoms with Crippen LogP contribution in [-0.2, 0) is 5.11 Å². The van der Waals surface area contributed by atoms with Crippen LogP contribution in [0.2, 0.25) is 0 Å². The van der Waals surface area contributed by atoms with Crippen LogP contribution in [0, 0.1) is 6.92 Å². The fourth-order valence-corrected chi connectivity index (χ4v) is 0.964. The Morgan fingerprint density at radius 3 is 2.55 bits per heavy atom. The van der Waals surface area contributed by atoms with Crippen molar-refractivity contribution in [1.29, 1.82) is 0 Å². The van der Waals surface area contributed by atoms with Gasteiger partial charge < -0.3 is 0 Å². The molecule has 11 heavy (non-hydrogen) atoms. The molecule has 0 aliphatic carbocycles. The molecule has 57 valence electrons. The number of carbonyl (C=O) groups excluding carboxylic acids is 1. The van der Waals surface area contributed by atoms with Gasteiger partial charge in [0.2, 0.25) is 0 Å². The molecule has 1 radical (unpaired) electrons. The first-order valence-electron chi connectivity index (χ1n) is 3.42. The first-order valence-corrected chi connectivity index (χ1v) is 3.42. The molecule has 2 nitrogen and oxygen atoms in total. The second kappa shape index (κ2) is 3.30. The monoisotopic (exact) mass is 149 g/mol. The first-order chi connectivity index (χ1) is 5.25. The molecule has 0 spiro atoms. The Morgan fingerprint density at radius 2 is 2.00 bits per heavy atom. The summed E-state index contributed by atoms with van der Waals surface area (Å²) in [7, 11) is 0. The Hall–Kier alpha value is -1.15. The zero-order valence-corrected chi connectivity index (χ0v) is 6.33. The Labute approximate surface area is 65.5 Å². The lowest BCUT2D eigenvalue weighted by Crippen LogP contribution is -2.04. The van der Waals surface area contributed by atoms with Crippen molar-refractivity contribution in [2.24, 2.45) is 0 Å². The van der Waals surface area contributed by atoms with E-state index in [1.165, 1.54) is 0 Å². The third-order valence-electron chi connectivity index (χ3n) is 1.58. The van der Waals surface area contributed by atoms with Crippen LogP contribution in [0.3, 0.4) is 0 Å². The van der Waals surface area contributed by atoms with E-state index in [9.17, 15) is 9.90 Å². The summed E-state index contributed by atoms with van der Waals surface area (Å²) >= 11 is 0. The van der Waals surface area contributed by atoms with Gasteiger partial charge in [0, 0.05) is 5.56 Å². The largest absolute Gasteiger partial charge is 0.291 e. The second-order valence-corrected chi connectivity index (χ2v) is 2.38. The fraction of sp³-hybridized carbons (Fsp3) is 0.222. The highest BCUT2D eigenvalue weighted by Gasteiger charge is 2.05. The minimum atomic E-state index is -0.662. The molecular weight excluding hydrogens is 140 g/mol. The lowest BCUT2D eigenvalue weighted by atomic mass is 10.1. The standard InChI is InChI=1S/C9H9O2/c1-7-4-2-3-5-8(7)9(11)6-10/h2-5H,6H2,1H3. The molecule has 0 saturated heterocycles. The minimum Gasteiger partial charge on any atom is -0.291 e. The van der Waals surface area contributed by atoms with Crippen LogP contribution < -0.4 is 0 Å². The predicted molar refractivity (Wildman–Crippen MR) is 41.1 cm³/mol. The van der Waals surface area contributed by atoms with Crippen LogP contribution in [-0.4, -0.2) is 12.4 Å². The normalized spacial score (nSPS) is 9.64. The highest BCUT2D eigenvalue weighted by Crippen LogP contribution is 2.06. The topological polar surface area (TPSA) is 37.0 Å². The van der Waals surface area contributed by atoms with E-state index < -0.39 is 6.61 Å². The Bertz CT molecular complexity index is 266. The number of rotatable bonds is 2. The quantitative estimate of drug-likeness (QED) is 0.588. The molecule has 0 unspecified atom stereocenters. The van der Waals surface area contributed by atoms with Gasteiger partial charge in [-0.1, -0.05) is 24.3 Å². The number of ketones is 1. The molecule has 0 atom stereocenters. The number of Topliss-reactive ketones (excluding diaryl/α,β-unsaturated/α-hetero) is 1. The van der Waals surface area contributed by atoms with Crippen LogP contribution in [0.4, 0.5) is 0 Å². The van der Waals surface area contributed by atoms with Gasteiger partial charge in [-0.2, -0.15) is 0 Å². The molecule has 0 aliphatic heterocycles. The van der Waals surface area contributed by atoms with Crippen molar-refractivity contribution in [3.05, 3.63) is 35.4 Å². The smallest absolute Gasteiger partial charge is 0.192 e. The Balaban J connectivity index is 3.03. The maximum atomic E-state index is 10.9. The van der Waals surface area contributed by atoms with E-state index in [1.807, 2.05) is 19.1 Å². The molecule has 0 bridgehead atoms. The van der Waals surface area contributed by atoms with Gasteiger partial charge in [0.25, 0.3) is 0 Å². The summed E-state index contributed by atoms with van der Waals surface area (Å²) in [5.74, 6) is -0.330. The molecule has 0 saturated carbocycles. The molecule has 0 aromatic heterocycles. The molecule has 1 rings (SSSR count). The van der Waals surface area contributed by atoms with E-state index in [4.69, 9.17) is 0 Å². The van der Waals surface area contributed by atoms with Crippen molar-refractivity contribution in [2.45, 2.75) is 6.92 Å². The van der Waals surface area contributed by atoms with Gasteiger partial charge in [-0.3, -0.25) is 4.79 Å². The van der Waals surface area contributed by atoms with Gasteiger partial charge in [-0.25, -0.2) is 5.11 Å². The fourth-order valence-electron chi connectivity index (χ4n) is 0.964. The molecule has 0 aliphatic rings. The van der Waals surface area contributed by atoms with E-state index in [0.29, 0.717) is 5.56 Å². The molecule has 1 aromatic carbocycles. The Kier molecular flexibility index (Phi) is 2.39. The van der Waals surface area contributed by atoms with E-state index in [1.54, 1.807) is 12.1 Å². The molecular formula is C9H9O2. The molecule has 0 amide bonds. The molecule has 0 N–H and O–H groups in total. The number of aryl methyl sites for hydroxylation is 1. The first kappa shape index (κ1) is 7.95. The van der Waals surface area contributed by atoms with Gasteiger partial charge in [0.05, 0.1) is 0 Å². The van der Waals surface area contributed by atoms with Crippen molar-refractivity contribution in [3.8, 4) is 0 Å². The highest BCUT2D eigenvalue weighted by atomic mass is 16.3. The zero-order chi connectivity index (χ0) is 8.27. The van der Waals surface area contributed by atoms with Gasteiger partial charge >= 0.3 is 0 Å². The van der Waals surface area contributed by atoms with Crippen LogP contribution in [0.15, 0.2) is 24.3 Å².